The van der Waals surface area contributed by atoms with E-state index in [2.05, 4.69) is 15.8 Å². The van der Waals surface area contributed by atoms with Gasteiger partial charge in [0.1, 0.15) is 5.82 Å². The molecule has 5 nitrogen and oxygen atoms in total. The van der Waals surface area contributed by atoms with Crippen LogP contribution in [-0.2, 0) is 9.59 Å². The second-order valence-corrected chi connectivity index (χ2v) is 4.64. The van der Waals surface area contributed by atoms with Crippen LogP contribution in [0.4, 0.5) is 10.1 Å². The van der Waals surface area contributed by atoms with Gasteiger partial charge in [-0.05, 0) is 49.9 Å². The fourth-order valence-corrected chi connectivity index (χ4v) is 1.97. The normalized spacial score (nSPS) is 14.6. The molecule has 2 rings (SSSR count). The van der Waals surface area contributed by atoms with E-state index in [1.807, 2.05) is 0 Å². The summed E-state index contributed by atoms with van der Waals surface area (Å²) in [6, 6.07) is 5.17. The Morgan fingerprint density at radius 1 is 1.00 bits per heavy atom. The highest BCUT2D eigenvalue weighted by atomic mass is 19.1. The van der Waals surface area contributed by atoms with Gasteiger partial charge >= 0.3 is 11.8 Å². The first-order valence-electron chi connectivity index (χ1n) is 6.57. The summed E-state index contributed by atoms with van der Waals surface area (Å²) in [5, 5.41) is 6.33. The SMILES string of the molecule is O=C(NN=C1CCCCC1)C(=O)Nc1ccc(F)cc1. The minimum atomic E-state index is -0.826. The van der Waals surface area contributed by atoms with E-state index in [1.54, 1.807) is 0 Å². The number of hydrogen-bond donors (Lipinski definition) is 2. The van der Waals surface area contributed by atoms with E-state index in [0.717, 1.165) is 31.4 Å². The van der Waals surface area contributed by atoms with Gasteiger partial charge in [0.25, 0.3) is 0 Å². The molecule has 106 valence electrons. The van der Waals surface area contributed by atoms with Crippen molar-refractivity contribution in [3.8, 4) is 0 Å². The molecule has 1 aromatic rings. The van der Waals surface area contributed by atoms with Gasteiger partial charge in [0.2, 0.25) is 0 Å². The first-order chi connectivity index (χ1) is 9.65. The Hall–Kier alpha value is -2.24. The van der Waals surface area contributed by atoms with E-state index >= 15 is 0 Å². The minimum Gasteiger partial charge on any atom is -0.318 e. The monoisotopic (exact) mass is 277 g/mol. The molecule has 2 amide bonds. The highest BCUT2D eigenvalue weighted by Crippen LogP contribution is 2.14. The van der Waals surface area contributed by atoms with Crippen molar-refractivity contribution < 1.29 is 14.0 Å². The lowest BCUT2D eigenvalue weighted by Crippen LogP contribution is -2.33. The molecule has 0 aliphatic heterocycles. The summed E-state index contributed by atoms with van der Waals surface area (Å²) >= 11 is 0. The molecule has 0 heterocycles. The summed E-state index contributed by atoms with van der Waals surface area (Å²) in [6.45, 7) is 0. The smallest absolute Gasteiger partial charge is 0.318 e. The van der Waals surface area contributed by atoms with Crippen molar-refractivity contribution in [3.05, 3.63) is 30.1 Å². The van der Waals surface area contributed by atoms with E-state index in [4.69, 9.17) is 0 Å². The van der Waals surface area contributed by atoms with Gasteiger partial charge in [-0.15, -0.1) is 0 Å². The number of rotatable bonds is 2. The van der Waals surface area contributed by atoms with Crippen LogP contribution < -0.4 is 10.7 Å². The third-order valence-corrected chi connectivity index (χ3v) is 3.05. The zero-order valence-electron chi connectivity index (χ0n) is 11.0. The van der Waals surface area contributed by atoms with Gasteiger partial charge in [0.15, 0.2) is 0 Å². The standard InChI is InChI=1S/C14H16FN3O2/c15-10-6-8-11(9-7-10)16-13(19)14(20)18-17-12-4-2-1-3-5-12/h6-9H,1-5H2,(H,16,19)(H,18,20). The first kappa shape index (κ1) is 14.2. The van der Waals surface area contributed by atoms with Crippen molar-refractivity contribution >= 4 is 23.2 Å². The van der Waals surface area contributed by atoms with Crippen molar-refractivity contribution in [1.29, 1.82) is 0 Å². The lowest BCUT2D eigenvalue weighted by atomic mass is 9.99. The van der Waals surface area contributed by atoms with Crippen LogP contribution in [0, 0.1) is 5.82 Å². The van der Waals surface area contributed by atoms with Gasteiger partial charge in [-0.2, -0.15) is 5.10 Å². The molecule has 1 aliphatic carbocycles. The van der Waals surface area contributed by atoms with Crippen molar-refractivity contribution in [2.75, 3.05) is 5.32 Å². The molecule has 1 aromatic carbocycles. The van der Waals surface area contributed by atoms with Gasteiger partial charge in [-0.1, -0.05) is 6.42 Å². The molecule has 0 atom stereocenters. The minimum absolute atomic E-state index is 0.358. The van der Waals surface area contributed by atoms with Crippen LogP contribution in [0.2, 0.25) is 0 Å². The van der Waals surface area contributed by atoms with Gasteiger partial charge in [0, 0.05) is 11.4 Å². The van der Waals surface area contributed by atoms with Crippen molar-refractivity contribution in [3.63, 3.8) is 0 Å². The second kappa shape index (κ2) is 6.79. The molecule has 0 unspecified atom stereocenters. The molecule has 0 bridgehead atoms. The number of benzene rings is 1. The number of nitrogens with one attached hydrogen (secondary N) is 2. The zero-order chi connectivity index (χ0) is 14.4. The topological polar surface area (TPSA) is 70.6 Å². The second-order valence-electron chi connectivity index (χ2n) is 4.64. The number of nitrogens with zero attached hydrogens (tertiary/aromatic N) is 1. The summed E-state index contributed by atoms with van der Waals surface area (Å²) < 4.78 is 12.7. The Morgan fingerprint density at radius 2 is 1.65 bits per heavy atom. The summed E-state index contributed by atoms with van der Waals surface area (Å²) in [5.74, 6) is -2.06. The molecule has 0 radical (unpaired) electrons. The summed E-state index contributed by atoms with van der Waals surface area (Å²) in [6.07, 6.45) is 5.03. The van der Waals surface area contributed by atoms with E-state index in [0.29, 0.717) is 5.69 Å². The maximum absolute atomic E-state index is 12.7. The molecule has 0 saturated heterocycles. The number of amides is 2. The Labute approximate surface area is 116 Å². The lowest BCUT2D eigenvalue weighted by molar-refractivity contribution is -0.136. The van der Waals surface area contributed by atoms with E-state index in [9.17, 15) is 14.0 Å². The molecule has 0 spiro atoms. The number of carbonyl (C=O) groups is 2. The van der Waals surface area contributed by atoms with Gasteiger partial charge in [0.05, 0.1) is 0 Å². The van der Waals surface area contributed by atoms with Crippen LogP contribution in [0.1, 0.15) is 32.1 Å². The van der Waals surface area contributed by atoms with Crippen LogP contribution in [0.15, 0.2) is 29.4 Å². The molecule has 1 fully saturated rings. The Kier molecular flexibility index (Phi) is 4.81. The van der Waals surface area contributed by atoms with Crippen molar-refractivity contribution in [2.24, 2.45) is 5.10 Å². The number of hydrogen-bond acceptors (Lipinski definition) is 3. The lowest BCUT2D eigenvalue weighted by Gasteiger charge is -2.11. The Morgan fingerprint density at radius 3 is 2.30 bits per heavy atom. The van der Waals surface area contributed by atoms with Crippen LogP contribution in [0.25, 0.3) is 0 Å². The van der Waals surface area contributed by atoms with E-state index < -0.39 is 17.6 Å². The molecular weight excluding hydrogens is 261 g/mol. The Balaban J connectivity index is 1.85. The molecule has 1 aliphatic rings. The van der Waals surface area contributed by atoms with E-state index in [1.165, 1.54) is 30.7 Å². The summed E-state index contributed by atoms with van der Waals surface area (Å²) in [5.41, 5.74) is 3.52. The molecule has 6 heteroatoms. The summed E-state index contributed by atoms with van der Waals surface area (Å²) in [4.78, 5) is 23.1. The van der Waals surface area contributed by atoms with Crippen LogP contribution in [0.3, 0.4) is 0 Å². The van der Waals surface area contributed by atoms with Crippen LogP contribution in [-0.4, -0.2) is 17.5 Å². The summed E-state index contributed by atoms with van der Waals surface area (Å²) in [7, 11) is 0. The largest absolute Gasteiger partial charge is 0.329 e. The maximum Gasteiger partial charge on any atom is 0.329 e. The third kappa shape index (κ3) is 4.15. The van der Waals surface area contributed by atoms with E-state index in [-0.39, 0.29) is 0 Å². The van der Waals surface area contributed by atoms with Gasteiger partial charge in [-0.25, -0.2) is 9.82 Å². The molecule has 0 aromatic heterocycles. The van der Waals surface area contributed by atoms with Crippen LogP contribution in [0.5, 0.6) is 0 Å². The average Bonchev–Trinajstić information content (AvgIpc) is 2.48. The molecule has 2 N–H and O–H groups in total. The Bertz CT molecular complexity index is 518. The number of halogens is 1. The van der Waals surface area contributed by atoms with Crippen molar-refractivity contribution in [2.45, 2.75) is 32.1 Å². The highest BCUT2D eigenvalue weighted by Gasteiger charge is 2.14. The van der Waals surface area contributed by atoms with Gasteiger partial charge < -0.3 is 5.32 Å². The maximum atomic E-state index is 12.7. The highest BCUT2D eigenvalue weighted by molar-refractivity contribution is 6.39. The molecule has 20 heavy (non-hydrogen) atoms. The first-order valence-corrected chi connectivity index (χ1v) is 6.57. The number of anilines is 1. The van der Waals surface area contributed by atoms with Crippen LogP contribution >= 0.6 is 0 Å². The molecular formula is C14H16FN3O2. The zero-order valence-corrected chi connectivity index (χ0v) is 11.0. The van der Waals surface area contributed by atoms with Crippen molar-refractivity contribution in [1.82, 2.24) is 5.43 Å². The van der Waals surface area contributed by atoms with Gasteiger partial charge in [-0.3, -0.25) is 9.59 Å². The fraction of sp³-hybridized carbons (Fsp3) is 0.357. The third-order valence-electron chi connectivity index (χ3n) is 3.05. The quantitative estimate of drug-likeness (QED) is 0.642. The average molecular weight is 277 g/mol. The predicted octanol–water partition coefficient (Wildman–Crippen LogP) is 2.20. The fourth-order valence-electron chi connectivity index (χ4n) is 1.97. The predicted molar refractivity (Wildman–Crippen MR) is 73.7 cm³/mol. The molecule has 1 saturated carbocycles. The number of carbonyl (C=O) groups excluding carboxylic acids is 2. The number of hydrazone groups is 1.